The third-order valence-corrected chi connectivity index (χ3v) is 4.39. The van der Waals surface area contributed by atoms with Crippen LogP contribution in [0.15, 0.2) is 53.5 Å². The van der Waals surface area contributed by atoms with Crippen LogP contribution in [0.3, 0.4) is 0 Å². The number of aryl methyl sites for hydroxylation is 1. The fourth-order valence-electron chi connectivity index (χ4n) is 2.88. The van der Waals surface area contributed by atoms with Gasteiger partial charge < -0.3 is 15.5 Å². The van der Waals surface area contributed by atoms with Crippen molar-refractivity contribution in [1.82, 2.24) is 15.5 Å². The minimum Gasteiger partial charge on any atom is -0.356 e. The van der Waals surface area contributed by atoms with E-state index < -0.39 is 0 Å². The Kier molecular flexibility index (Phi) is 10.4. The van der Waals surface area contributed by atoms with E-state index in [2.05, 4.69) is 97.0 Å². The number of guanidine groups is 1. The van der Waals surface area contributed by atoms with Gasteiger partial charge in [0.1, 0.15) is 0 Å². The molecule has 0 fully saturated rings. The Morgan fingerprint density at radius 2 is 1.70 bits per heavy atom. The molecule has 0 heterocycles. The van der Waals surface area contributed by atoms with Gasteiger partial charge in [-0.1, -0.05) is 61.0 Å². The first-order valence-electron chi connectivity index (χ1n) is 9.21. The van der Waals surface area contributed by atoms with Crippen molar-refractivity contribution in [3.8, 4) is 0 Å². The van der Waals surface area contributed by atoms with Crippen LogP contribution in [0.5, 0.6) is 0 Å². The van der Waals surface area contributed by atoms with Gasteiger partial charge in [-0.25, -0.2) is 0 Å². The number of rotatable bonds is 7. The van der Waals surface area contributed by atoms with Gasteiger partial charge in [-0.05, 0) is 43.6 Å². The summed E-state index contributed by atoms with van der Waals surface area (Å²) in [4.78, 5) is 6.51. The first-order valence-corrected chi connectivity index (χ1v) is 9.21. The van der Waals surface area contributed by atoms with Crippen LogP contribution < -0.4 is 10.6 Å². The molecule has 0 amide bonds. The van der Waals surface area contributed by atoms with Gasteiger partial charge >= 0.3 is 0 Å². The SMILES string of the molecule is CN=C(NCc1ccc(CN(C)C)cc1)NCC(C)c1cccc(C)c1.I. The van der Waals surface area contributed by atoms with Crippen LogP contribution in [0.2, 0.25) is 0 Å². The predicted octanol–water partition coefficient (Wildman–Crippen LogP) is 4.14. The molecule has 27 heavy (non-hydrogen) atoms. The van der Waals surface area contributed by atoms with Crippen LogP contribution in [0.1, 0.15) is 35.1 Å². The van der Waals surface area contributed by atoms with Gasteiger partial charge in [0.2, 0.25) is 0 Å². The second kappa shape index (κ2) is 12.0. The van der Waals surface area contributed by atoms with E-state index in [4.69, 9.17) is 0 Å². The summed E-state index contributed by atoms with van der Waals surface area (Å²) in [6, 6.07) is 17.4. The smallest absolute Gasteiger partial charge is 0.191 e. The van der Waals surface area contributed by atoms with E-state index in [1.165, 1.54) is 22.3 Å². The van der Waals surface area contributed by atoms with Crippen molar-refractivity contribution in [2.24, 2.45) is 4.99 Å². The topological polar surface area (TPSA) is 39.7 Å². The fraction of sp³-hybridized carbons (Fsp3) is 0.409. The Morgan fingerprint density at radius 3 is 2.30 bits per heavy atom. The van der Waals surface area contributed by atoms with Crippen LogP contribution >= 0.6 is 24.0 Å². The van der Waals surface area contributed by atoms with E-state index in [1.807, 2.05) is 7.05 Å². The summed E-state index contributed by atoms with van der Waals surface area (Å²) in [5, 5.41) is 6.82. The molecule has 0 aliphatic heterocycles. The second-order valence-corrected chi connectivity index (χ2v) is 7.18. The van der Waals surface area contributed by atoms with Gasteiger partial charge in [0, 0.05) is 26.7 Å². The molecule has 5 heteroatoms. The highest BCUT2D eigenvalue weighted by atomic mass is 127. The highest BCUT2D eigenvalue weighted by molar-refractivity contribution is 14.0. The van der Waals surface area contributed by atoms with Crippen molar-refractivity contribution >= 4 is 29.9 Å². The van der Waals surface area contributed by atoms with Crippen molar-refractivity contribution in [2.75, 3.05) is 27.7 Å². The van der Waals surface area contributed by atoms with Gasteiger partial charge in [-0.3, -0.25) is 4.99 Å². The standard InChI is InChI=1S/C22H32N4.HI/c1-17-7-6-8-21(13-17)18(2)14-24-22(23-3)25-15-19-9-11-20(12-10-19)16-26(4)5;/h6-13,18H,14-16H2,1-5H3,(H2,23,24,25);1H. The van der Waals surface area contributed by atoms with Gasteiger partial charge in [0.25, 0.3) is 0 Å². The molecule has 0 radical (unpaired) electrons. The Bertz CT molecular complexity index is 711. The summed E-state index contributed by atoms with van der Waals surface area (Å²) < 4.78 is 0. The average molecular weight is 480 g/mol. The molecular formula is C22H33IN4. The molecule has 0 bridgehead atoms. The Hall–Kier alpha value is -1.60. The molecular weight excluding hydrogens is 447 g/mol. The maximum absolute atomic E-state index is 4.33. The normalized spacial score (nSPS) is 12.4. The zero-order valence-corrected chi connectivity index (χ0v) is 19.5. The van der Waals surface area contributed by atoms with Crippen LogP contribution in [-0.2, 0) is 13.1 Å². The van der Waals surface area contributed by atoms with E-state index >= 15 is 0 Å². The third-order valence-electron chi connectivity index (χ3n) is 4.39. The second-order valence-electron chi connectivity index (χ2n) is 7.18. The van der Waals surface area contributed by atoms with Crippen molar-refractivity contribution in [3.05, 3.63) is 70.8 Å². The summed E-state index contributed by atoms with van der Waals surface area (Å²) in [5.41, 5.74) is 5.23. The predicted molar refractivity (Wildman–Crippen MR) is 127 cm³/mol. The van der Waals surface area contributed by atoms with Gasteiger partial charge in [0.05, 0.1) is 0 Å². The molecule has 0 aromatic heterocycles. The molecule has 4 nitrogen and oxygen atoms in total. The lowest BCUT2D eigenvalue weighted by molar-refractivity contribution is 0.402. The lowest BCUT2D eigenvalue weighted by Crippen LogP contribution is -2.38. The first-order chi connectivity index (χ1) is 12.5. The van der Waals surface area contributed by atoms with Crippen LogP contribution in [0.4, 0.5) is 0 Å². The first kappa shape index (κ1) is 23.4. The number of halogens is 1. The molecule has 0 saturated heterocycles. The lowest BCUT2D eigenvalue weighted by Gasteiger charge is -2.17. The monoisotopic (exact) mass is 480 g/mol. The third kappa shape index (κ3) is 8.30. The number of nitrogens with one attached hydrogen (secondary N) is 2. The molecule has 0 aliphatic carbocycles. The number of benzene rings is 2. The summed E-state index contributed by atoms with van der Waals surface area (Å²) in [6.07, 6.45) is 0. The number of nitrogens with zero attached hydrogens (tertiary/aromatic N) is 2. The zero-order chi connectivity index (χ0) is 18.9. The maximum Gasteiger partial charge on any atom is 0.191 e. The van der Waals surface area contributed by atoms with Crippen molar-refractivity contribution in [1.29, 1.82) is 0 Å². The zero-order valence-electron chi connectivity index (χ0n) is 17.1. The van der Waals surface area contributed by atoms with Crippen LogP contribution in [0, 0.1) is 6.92 Å². The largest absolute Gasteiger partial charge is 0.356 e. The van der Waals surface area contributed by atoms with Gasteiger partial charge in [0.15, 0.2) is 5.96 Å². The summed E-state index contributed by atoms with van der Waals surface area (Å²) >= 11 is 0. The molecule has 0 spiro atoms. The van der Waals surface area contributed by atoms with Crippen molar-refractivity contribution < 1.29 is 0 Å². The van der Waals surface area contributed by atoms with Gasteiger partial charge in [-0.2, -0.15) is 0 Å². The Morgan fingerprint density at radius 1 is 1.04 bits per heavy atom. The quantitative estimate of drug-likeness (QED) is 0.356. The minimum absolute atomic E-state index is 0. The number of aliphatic imine (C=N–C) groups is 1. The molecule has 1 unspecified atom stereocenters. The summed E-state index contributed by atoms with van der Waals surface area (Å²) in [5.74, 6) is 1.26. The van der Waals surface area contributed by atoms with E-state index in [0.29, 0.717) is 5.92 Å². The average Bonchev–Trinajstić information content (AvgIpc) is 2.62. The number of hydrogen-bond donors (Lipinski definition) is 2. The highest BCUT2D eigenvalue weighted by Crippen LogP contribution is 2.15. The van der Waals surface area contributed by atoms with Crippen molar-refractivity contribution in [2.45, 2.75) is 32.9 Å². The Balaban J connectivity index is 0.00000364. The molecule has 0 saturated carbocycles. The van der Waals surface area contributed by atoms with E-state index in [-0.39, 0.29) is 24.0 Å². The summed E-state index contributed by atoms with van der Waals surface area (Å²) in [7, 11) is 5.98. The molecule has 0 aliphatic rings. The molecule has 1 atom stereocenters. The maximum atomic E-state index is 4.33. The van der Waals surface area contributed by atoms with Crippen LogP contribution in [0.25, 0.3) is 0 Å². The van der Waals surface area contributed by atoms with Crippen molar-refractivity contribution in [3.63, 3.8) is 0 Å². The molecule has 148 valence electrons. The molecule has 2 aromatic rings. The molecule has 2 rings (SSSR count). The molecule has 2 aromatic carbocycles. The minimum atomic E-state index is 0. The highest BCUT2D eigenvalue weighted by Gasteiger charge is 2.07. The lowest BCUT2D eigenvalue weighted by atomic mass is 9.99. The Labute approximate surface area is 181 Å². The summed E-state index contributed by atoms with van der Waals surface area (Å²) in [6.45, 7) is 6.95. The fourth-order valence-corrected chi connectivity index (χ4v) is 2.88. The van der Waals surface area contributed by atoms with Crippen LogP contribution in [-0.4, -0.2) is 38.5 Å². The van der Waals surface area contributed by atoms with E-state index in [0.717, 1.165) is 25.6 Å². The molecule has 2 N–H and O–H groups in total. The van der Waals surface area contributed by atoms with E-state index in [1.54, 1.807) is 0 Å². The van der Waals surface area contributed by atoms with E-state index in [9.17, 15) is 0 Å². The number of hydrogen-bond acceptors (Lipinski definition) is 2. The van der Waals surface area contributed by atoms with Gasteiger partial charge in [-0.15, -0.1) is 24.0 Å².